The number of ether oxygens (including phenoxy) is 1. The molecule has 6 heteroatoms. The highest BCUT2D eigenvalue weighted by Gasteiger charge is 2.15. The molecule has 0 saturated carbocycles. The fraction of sp³-hybridized carbons (Fsp3) is 0.200. The molecule has 0 bridgehead atoms. The number of amides is 1. The van der Waals surface area contributed by atoms with Crippen molar-refractivity contribution in [3.8, 4) is 5.75 Å². The number of benzene rings is 2. The van der Waals surface area contributed by atoms with Gasteiger partial charge < -0.3 is 19.6 Å². The molecule has 0 aliphatic rings. The Kier molecular flexibility index (Phi) is 6.00. The molecule has 4 rings (SSSR count). The fourth-order valence-electron chi connectivity index (χ4n) is 3.35. The summed E-state index contributed by atoms with van der Waals surface area (Å²) in [5.41, 5.74) is 5.06. The predicted molar refractivity (Wildman–Crippen MR) is 119 cm³/mol. The van der Waals surface area contributed by atoms with Gasteiger partial charge in [-0.25, -0.2) is 4.98 Å². The maximum absolute atomic E-state index is 12.7. The van der Waals surface area contributed by atoms with E-state index in [2.05, 4.69) is 10.3 Å². The number of para-hydroxylation sites is 1. The predicted octanol–water partition coefficient (Wildman–Crippen LogP) is 3.99. The number of aliphatic hydroxyl groups excluding tert-OH is 1. The number of fused-ring (bicyclic) bond motifs is 1. The quantitative estimate of drug-likeness (QED) is 0.479. The van der Waals surface area contributed by atoms with E-state index in [1.54, 1.807) is 18.2 Å². The molecule has 6 nitrogen and oxygen atoms in total. The van der Waals surface area contributed by atoms with Gasteiger partial charge >= 0.3 is 0 Å². The monoisotopic (exact) mass is 415 g/mol. The summed E-state index contributed by atoms with van der Waals surface area (Å²) in [5.74, 6) is 0.172. The molecule has 1 amide bonds. The summed E-state index contributed by atoms with van der Waals surface area (Å²) in [6, 6.07) is 18.6. The molecule has 0 radical (unpaired) electrons. The molecule has 2 aromatic heterocycles. The van der Waals surface area contributed by atoms with Crippen molar-refractivity contribution in [3.05, 3.63) is 101 Å². The van der Waals surface area contributed by atoms with Gasteiger partial charge in [0.15, 0.2) is 0 Å². The number of aliphatic hydroxyl groups is 1. The number of carbonyl (C=O) groups is 1. The Labute approximate surface area is 181 Å². The van der Waals surface area contributed by atoms with Crippen molar-refractivity contribution >= 4 is 11.6 Å². The van der Waals surface area contributed by atoms with Gasteiger partial charge in [-0.05, 0) is 43.2 Å². The topological polar surface area (TPSA) is 75.9 Å². The minimum atomic E-state index is -0.779. The number of pyridine rings is 1. The van der Waals surface area contributed by atoms with Gasteiger partial charge in [0.1, 0.15) is 18.0 Å². The smallest absolute Gasteiger partial charge is 0.255 e. The molecule has 0 spiro atoms. The summed E-state index contributed by atoms with van der Waals surface area (Å²) < 4.78 is 7.87. The zero-order valence-electron chi connectivity index (χ0n) is 17.6. The number of carbonyl (C=O) groups excluding carboxylic acids is 1. The van der Waals surface area contributed by atoms with Crippen LogP contribution in [-0.2, 0) is 6.61 Å². The van der Waals surface area contributed by atoms with Crippen LogP contribution in [0.2, 0.25) is 0 Å². The van der Waals surface area contributed by atoms with E-state index in [0.717, 1.165) is 28.0 Å². The molecule has 0 aliphatic carbocycles. The second kappa shape index (κ2) is 9.02. The average molecular weight is 415 g/mol. The van der Waals surface area contributed by atoms with E-state index in [0.29, 0.717) is 11.3 Å². The molecule has 31 heavy (non-hydrogen) atoms. The van der Waals surface area contributed by atoms with Crippen LogP contribution >= 0.6 is 0 Å². The van der Waals surface area contributed by atoms with E-state index in [1.165, 1.54) is 0 Å². The number of rotatable bonds is 7. The highest BCUT2D eigenvalue weighted by Crippen LogP contribution is 2.20. The van der Waals surface area contributed by atoms with Crippen LogP contribution < -0.4 is 10.1 Å². The second-order valence-corrected chi connectivity index (χ2v) is 7.63. The third kappa shape index (κ3) is 4.92. The largest absolute Gasteiger partial charge is 0.486 e. The van der Waals surface area contributed by atoms with Crippen molar-refractivity contribution in [2.75, 3.05) is 6.54 Å². The summed E-state index contributed by atoms with van der Waals surface area (Å²) in [5, 5.41) is 13.2. The Bertz CT molecular complexity index is 1200. The van der Waals surface area contributed by atoms with Gasteiger partial charge in [0.2, 0.25) is 0 Å². The van der Waals surface area contributed by atoms with Crippen molar-refractivity contribution in [2.24, 2.45) is 0 Å². The van der Waals surface area contributed by atoms with Crippen molar-refractivity contribution in [2.45, 2.75) is 26.6 Å². The van der Waals surface area contributed by atoms with Crippen LogP contribution in [0.4, 0.5) is 0 Å². The van der Waals surface area contributed by atoms with Gasteiger partial charge in [-0.3, -0.25) is 4.79 Å². The summed E-state index contributed by atoms with van der Waals surface area (Å²) in [6.07, 6.45) is 3.15. The van der Waals surface area contributed by atoms with Crippen molar-refractivity contribution < 1.29 is 14.6 Å². The molecule has 1 atom stereocenters. The third-order valence-electron chi connectivity index (χ3n) is 5.07. The minimum Gasteiger partial charge on any atom is -0.486 e. The number of aryl methyl sites for hydroxylation is 2. The Morgan fingerprint density at radius 1 is 1.03 bits per heavy atom. The van der Waals surface area contributed by atoms with Crippen LogP contribution in [0, 0.1) is 13.8 Å². The molecule has 4 aromatic rings. The van der Waals surface area contributed by atoms with Gasteiger partial charge in [0, 0.05) is 18.9 Å². The van der Waals surface area contributed by atoms with Gasteiger partial charge in [-0.1, -0.05) is 48.0 Å². The van der Waals surface area contributed by atoms with Crippen molar-refractivity contribution in [1.82, 2.24) is 14.7 Å². The lowest BCUT2D eigenvalue weighted by Gasteiger charge is -2.14. The third-order valence-corrected chi connectivity index (χ3v) is 5.07. The maximum atomic E-state index is 12.7. The number of hydrogen-bond acceptors (Lipinski definition) is 4. The number of aromatic nitrogens is 2. The van der Waals surface area contributed by atoms with Crippen LogP contribution in [0.3, 0.4) is 0 Å². The zero-order chi connectivity index (χ0) is 21.8. The van der Waals surface area contributed by atoms with Crippen LogP contribution in [-0.4, -0.2) is 26.9 Å². The first-order valence-electron chi connectivity index (χ1n) is 10.2. The van der Waals surface area contributed by atoms with Crippen LogP contribution in [0.1, 0.15) is 38.8 Å². The standard InChI is InChI=1S/C25H25N3O3/c1-17-7-10-19(11-8-17)22(29)13-26-25(30)21-5-3-4-6-23(21)31-16-20-15-28-14-18(2)9-12-24(28)27-20/h3-12,14-15,22,29H,13,16H2,1-2H3,(H,26,30). The SMILES string of the molecule is Cc1ccc(C(O)CNC(=O)c2ccccc2OCc2cn3cc(C)ccc3n2)cc1. The zero-order valence-corrected chi connectivity index (χ0v) is 17.6. The first-order valence-corrected chi connectivity index (χ1v) is 10.2. The molecule has 158 valence electrons. The molecular weight excluding hydrogens is 390 g/mol. The van der Waals surface area contributed by atoms with E-state index in [-0.39, 0.29) is 19.1 Å². The Morgan fingerprint density at radius 3 is 2.58 bits per heavy atom. The average Bonchev–Trinajstić information content (AvgIpc) is 3.18. The molecule has 2 heterocycles. The molecule has 1 unspecified atom stereocenters. The van der Waals surface area contributed by atoms with Gasteiger partial charge in [0.25, 0.3) is 5.91 Å². The normalized spacial score (nSPS) is 12.0. The van der Waals surface area contributed by atoms with E-state index in [9.17, 15) is 9.90 Å². The number of nitrogens with one attached hydrogen (secondary N) is 1. The second-order valence-electron chi connectivity index (χ2n) is 7.63. The van der Waals surface area contributed by atoms with E-state index in [1.807, 2.05) is 73.1 Å². The van der Waals surface area contributed by atoms with Crippen LogP contribution in [0.25, 0.3) is 5.65 Å². The lowest BCUT2D eigenvalue weighted by molar-refractivity contribution is 0.0911. The van der Waals surface area contributed by atoms with E-state index in [4.69, 9.17) is 4.74 Å². The Hall–Kier alpha value is -3.64. The van der Waals surface area contributed by atoms with Gasteiger partial charge in [0.05, 0.1) is 17.4 Å². The summed E-state index contributed by atoms with van der Waals surface area (Å²) >= 11 is 0. The molecule has 2 N–H and O–H groups in total. The van der Waals surface area contributed by atoms with Crippen molar-refractivity contribution in [3.63, 3.8) is 0 Å². The highest BCUT2D eigenvalue weighted by molar-refractivity contribution is 5.96. The molecule has 2 aromatic carbocycles. The molecule has 0 saturated heterocycles. The number of nitrogens with zero attached hydrogens (tertiary/aromatic N) is 2. The first-order chi connectivity index (χ1) is 15.0. The van der Waals surface area contributed by atoms with Gasteiger partial charge in [-0.2, -0.15) is 0 Å². The summed E-state index contributed by atoms with van der Waals surface area (Å²) in [7, 11) is 0. The fourth-order valence-corrected chi connectivity index (χ4v) is 3.35. The minimum absolute atomic E-state index is 0.113. The van der Waals surface area contributed by atoms with Crippen LogP contribution in [0.15, 0.2) is 73.1 Å². The van der Waals surface area contributed by atoms with Crippen molar-refractivity contribution in [1.29, 1.82) is 0 Å². The van der Waals surface area contributed by atoms with Crippen LogP contribution in [0.5, 0.6) is 5.75 Å². The van der Waals surface area contributed by atoms with E-state index < -0.39 is 6.10 Å². The Morgan fingerprint density at radius 2 is 1.77 bits per heavy atom. The number of hydrogen-bond donors (Lipinski definition) is 2. The Balaban J connectivity index is 1.41. The lowest BCUT2D eigenvalue weighted by atomic mass is 10.1. The summed E-state index contributed by atoms with van der Waals surface area (Å²) in [4.78, 5) is 17.3. The lowest BCUT2D eigenvalue weighted by Crippen LogP contribution is -2.28. The number of imidazole rings is 1. The first kappa shape index (κ1) is 20.6. The van der Waals surface area contributed by atoms with E-state index >= 15 is 0 Å². The maximum Gasteiger partial charge on any atom is 0.255 e. The molecule has 0 fully saturated rings. The summed E-state index contributed by atoms with van der Waals surface area (Å²) in [6.45, 7) is 4.38. The van der Waals surface area contributed by atoms with Gasteiger partial charge in [-0.15, -0.1) is 0 Å². The highest BCUT2D eigenvalue weighted by atomic mass is 16.5. The molecule has 0 aliphatic heterocycles. The molecular formula is C25H25N3O3.